The summed E-state index contributed by atoms with van der Waals surface area (Å²) in [5, 5.41) is 2.44. The van der Waals surface area contributed by atoms with Crippen LogP contribution in [0, 0.1) is 5.82 Å². The summed E-state index contributed by atoms with van der Waals surface area (Å²) >= 11 is 2.77. The third-order valence-electron chi connectivity index (χ3n) is 3.62. The van der Waals surface area contributed by atoms with Gasteiger partial charge >= 0.3 is 0 Å². The lowest BCUT2D eigenvalue weighted by Crippen LogP contribution is -3.05. The Labute approximate surface area is 148 Å². The molecule has 2 heterocycles. The van der Waals surface area contributed by atoms with Gasteiger partial charge in [-0.1, -0.05) is 23.5 Å². The summed E-state index contributed by atoms with van der Waals surface area (Å²) in [4.78, 5) is 20.9. The van der Waals surface area contributed by atoms with Crippen molar-refractivity contribution in [1.29, 1.82) is 0 Å². The second-order valence-corrected chi connectivity index (χ2v) is 7.78. The zero-order valence-corrected chi connectivity index (χ0v) is 15.2. The first-order valence-electron chi connectivity index (χ1n) is 7.75. The first-order valence-corrected chi connectivity index (χ1v) is 9.45. The summed E-state index contributed by atoms with van der Waals surface area (Å²) in [6.45, 7) is 1.52. The molecule has 7 heteroatoms. The number of amides is 1. The standard InChI is InChI=1S/C17H18FN3OS2/c1-20(2)9-5-10-21(16(22)14-8-4-11-23-14)17-19-15-12(18)6-3-7-13(15)24-17/h3-4,6-8,11H,5,9-10H2,1-2H3/p+1. The minimum Gasteiger partial charge on any atom is -0.340 e. The van der Waals surface area contributed by atoms with Gasteiger partial charge in [0.15, 0.2) is 5.13 Å². The van der Waals surface area contributed by atoms with Crippen LogP contribution in [0.2, 0.25) is 0 Å². The molecule has 1 aromatic carbocycles. The zero-order valence-electron chi connectivity index (χ0n) is 13.6. The van der Waals surface area contributed by atoms with Gasteiger partial charge in [0.25, 0.3) is 5.91 Å². The van der Waals surface area contributed by atoms with Crippen LogP contribution in [-0.2, 0) is 0 Å². The van der Waals surface area contributed by atoms with E-state index < -0.39 is 0 Å². The number of halogens is 1. The summed E-state index contributed by atoms with van der Waals surface area (Å²) in [6, 6.07) is 8.56. The maximum Gasteiger partial charge on any atom is 0.270 e. The molecule has 0 atom stereocenters. The number of rotatable bonds is 6. The number of benzene rings is 1. The molecule has 4 nitrogen and oxygen atoms in total. The minimum absolute atomic E-state index is 0.0711. The molecular formula is C17H19FN3OS2+. The number of hydrogen-bond acceptors (Lipinski definition) is 4. The Morgan fingerprint density at radius 1 is 1.29 bits per heavy atom. The van der Waals surface area contributed by atoms with Crippen molar-refractivity contribution in [2.24, 2.45) is 0 Å². The Morgan fingerprint density at radius 2 is 2.12 bits per heavy atom. The number of fused-ring (bicyclic) bond motifs is 1. The van der Waals surface area contributed by atoms with Crippen molar-refractivity contribution < 1.29 is 14.1 Å². The van der Waals surface area contributed by atoms with Gasteiger partial charge in [-0.05, 0) is 23.6 Å². The van der Waals surface area contributed by atoms with Crippen LogP contribution in [0.4, 0.5) is 9.52 Å². The van der Waals surface area contributed by atoms with Gasteiger partial charge in [-0.25, -0.2) is 9.37 Å². The maximum atomic E-state index is 13.9. The number of anilines is 1. The fraction of sp³-hybridized carbons (Fsp3) is 0.294. The first kappa shape index (κ1) is 17.0. The fourth-order valence-electron chi connectivity index (χ4n) is 2.43. The number of thiazole rings is 1. The molecule has 0 aliphatic heterocycles. The number of nitrogens with one attached hydrogen (secondary N) is 1. The number of aromatic nitrogens is 1. The highest BCUT2D eigenvalue weighted by Crippen LogP contribution is 2.31. The van der Waals surface area contributed by atoms with Crippen molar-refractivity contribution in [3.8, 4) is 0 Å². The summed E-state index contributed by atoms with van der Waals surface area (Å²) < 4.78 is 14.7. The normalized spacial score (nSPS) is 11.3. The third-order valence-corrected chi connectivity index (χ3v) is 5.53. The topological polar surface area (TPSA) is 37.6 Å². The van der Waals surface area contributed by atoms with Crippen molar-refractivity contribution in [1.82, 2.24) is 4.98 Å². The first-order chi connectivity index (χ1) is 11.6. The molecule has 3 rings (SSSR count). The molecule has 0 aliphatic carbocycles. The molecule has 1 amide bonds. The van der Waals surface area contributed by atoms with E-state index in [0.717, 1.165) is 17.7 Å². The average Bonchev–Trinajstić information content (AvgIpc) is 3.20. The highest BCUT2D eigenvalue weighted by Gasteiger charge is 2.22. The van der Waals surface area contributed by atoms with E-state index in [4.69, 9.17) is 0 Å². The van der Waals surface area contributed by atoms with Crippen molar-refractivity contribution in [3.63, 3.8) is 0 Å². The SMILES string of the molecule is C[NH+](C)CCCN(C(=O)c1cccs1)c1nc2c(F)cccc2s1. The van der Waals surface area contributed by atoms with E-state index in [-0.39, 0.29) is 11.7 Å². The Morgan fingerprint density at radius 3 is 2.79 bits per heavy atom. The number of para-hydroxylation sites is 1. The molecule has 1 N–H and O–H groups in total. The third kappa shape index (κ3) is 3.63. The number of carbonyl (C=O) groups excluding carboxylic acids is 1. The van der Waals surface area contributed by atoms with E-state index in [1.54, 1.807) is 11.0 Å². The van der Waals surface area contributed by atoms with Crippen LogP contribution in [0.3, 0.4) is 0 Å². The van der Waals surface area contributed by atoms with Gasteiger partial charge in [0.2, 0.25) is 0 Å². The van der Waals surface area contributed by atoms with Crippen LogP contribution in [0.5, 0.6) is 0 Å². The van der Waals surface area contributed by atoms with Gasteiger partial charge in [-0.15, -0.1) is 11.3 Å². The van der Waals surface area contributed by atoms with Crippen LogP contribution in [0.1, 0.15) is 16.1 Å². The molecular weight excluding hydrogens is 345 g/mol. The van der Waals surface area contributed by atoms with Crippen LogP contribution < -0.4 is 9.80 Å². The van der Waals surface area contributed by atoms with E-state index >= 15 is 0 Å². The molecule has 0 saturated heterocycles. The number of quaternary nitrogens is 1. The number of carbonyl (C=O) groups is 1. The number of nitrogens with zero attached hydrogens (tertiary/aromatic N) is 2. The van der Waals surface area contributed by atoms with E-state index in [9.17, 15) is 9.18 Å². The Bertz CT molecular complexity index is 830. The van der Waals surface area contributed by atoms with Gasteiger partial charge in [0.05, 0.1) is 30.2 Å². The molecule has 0 bridgehead atoms. The lowest BCUT2D eigenvalue weighted by atomic mass is 10.3. The van der Waals surface area contributed by atoms with Crippen molar-refractivity contribution in [2.45, 2.75) is 6.42 Å². The quantitative estimate of drug-likeness (QED) is 0.730. The monoisotopic (exact) mass is 364 g/mol. The van der Waals surface area contributed by atoms with Crippen molar-refractivity contribution >= 4 is 43.9 Å². The Balaban J connectivity index is 1.92. The van der Waals surface area contributed by atoms with Crippen molar-refractivity contribution in [3.05, 3.63) is 46.4 Å². The molecule has 3 aromatic rings. The molecule has 0 spiro atoms. The predicted octanol–water partition coefficient (Wildman–Crippen LogP) is 2.68. The molecule has 2 aromatic heterocycles. The second-order valence-electron chi connectivity index (χ2n) is 5.83. The molecule has 0 saturated carbocycles. The smallest absolute Gasteiger partial charge is 0.270 e. The Hall–Kier alpha value is -1.83. The average molecular weight is 364 g/mol. The zero-order chi connectivity index (χ0) is 17.1. The molecule has 126 valence electrons. The second kappa shape index (κ2) is 7.38. The largest absolute Gasteiger partial charge is 0.340 e. The van der Waals surface area contributed by atoms with Crippen molar-refractivity contribution in [2.75, 3.05) is 32.1 Å². The van der Waals surface area contributed by atoms with Crippen LogP contribution in [-0.4, -0.2) is 38.1 Å². The summed E-state index contributed by atoms with van der Waals surface area (Å²) in [7, 11) is 4.16. The van der Waals surface area contributed by atoms with Crippen LogP contribution in [0.15, 0.2) is 35.7 Å². The number of hydrogen-bond donors (Lipinski definition) is 1. The minimum atomic E-state index is -0.351. The molecule has 0 radical (unpaired) electrons. The molecule has 24 heavy (non-hydrogen) atoms. The maximum absolute atomic E-state index is 13.9. The number of thiophene rings is 1. The summed E-state index contributed by atoms with van der Waals surface area (Å²) in [5.74, 6) is -0.422. The van der Waals surface area contributed by atoms with Gasteiger partial charge in [0.1, 0.15) is 11.3 Å². The predicted molar refractivity (Wildman–Crippen MR) is 97.9 cm³/mol. The van der Waals surface area contributed by atoms with E-state index in [2.05, 4.69) is 19.1 Å². The van der Waals surface area contributed by atoms with Crippen LogP contribution >= 0.6 is 22.7 Å². The highest BCUT2D eigenvalue weighted by atomic mass is 32.1. The van der Waals surface area contributed by atoms with Gasteiger partial charge in [-0.3, -0.25) is 9.69 Å². The lowest BCUT2D eigenvalue weighted by Gasteiger charge is -2.19. The summed E-state index contributed by atoms with van der Waals surface area (Å²) in [5.41, 5.74) is 0.333. The van der Waals surface area contributed by atoms with E-state index in [1.807, 2.05) is 23.6 Å². The molecule has 0 fully saturated rings. The van der Waals surface area contributed by atoms with Crippen LogP contribution in [0.25, 0.3) is 10.2 Å². The lowest BCUT2D eigenvalue weighted by molar-refractivity contribution is -0.858. The summed E-state index contributed by atoms with van der Waals surface area (Å²) in [6.07, 6.45) is 0.859. The molecule has 0 unspecified atom stereocenters. The van der Waals surface area contributed by atoms with Gasteiger partial charge in [-0.2, -0.15) is 0 Å². The highest BCUT2D eigenvalue weighted by molar-refractivity contribution is 7.22. The fourth-order valence-corrected chi connectivity index (χ4v) is 4.10. The van der Waals surface area contributed by atoms with E-state index in [0.29, 0.717) is 22.1 Å². The van der Waals surface area contributed by atoms with E-state index in [1.165, 1.54) is 33.6 Å². The van der Waals surface area contributed by atoms with Gasteiger partial charge < -0.3 is 4.90 Å². The molecule has 0 aliphatic rings. The Kier molecular flexibility index (Phi) is 5.23. The van der Waals surface area contributed by atoms with Gasteiger partial charge in [0, 0.05) is 13.0 Å².